The molecule has 0 bridgehead atoms. The molecule has 2 heteroatoms. The minimum atomic E-state index is 0.440. The fraction of sp³-hybridized carbons (Fsp3) is 1.00. The lowest BCUT2D eigenvalue weighted by Crippen LogP contribution is -2.38. The number of hydrogen-bond acceptors (Lipinski definition) is 2. The number of hydrogen-bond donors (Lipinski definition) is 1. The fourth-order valence-electron chi connectivity index (χ4n) is 3.34. The van der Waals surface area contributed by atoms with Gasteiger partial charge in [-0.3, -0.25) is 0 Å². The van der Waals surface area contributed by atoms with Gasteiger partial charge in [0.15, 0.2) is 0 Å². The van der Waals surface area contributed by atoms with Gasteiger partial charge in [-0.1, -0.05) is 12.8 Å². The van der Waals surface area contributed by atoms with Gasteiger partial charge >= 0.3 is 0 Å². The first kappa shape index (κ1) is 9.47. The van der Waals surface area contributed by atoms with Gasteiger partial charge < -0.3 is 10.5 Å². The van der Waals surface area contributed by atoms with E-state index in [0.29, 0.717) is 11.5 Å². The van der Waals surface area contributed by atoms with E-state index in [1.165, 1.54) is 32.1 Å². The second-order valence-corrected chi connectivity index (χ2v) is 4.74. The number of ether oxygens (including phenoxy) is 1. The Kier molecular flexibility index (Phi) is 2.61. The molecule has 13 heavy (non-hydrogen) atoms. The van der Waals surface area contributed by atoms with Crippen LogP contribution in [0.3, 0.4) is 0 Å². The summed E-state index contributed by atoms with van der Waals surface area (Å²) in [4.78, 5) is 0. The number of rotatable bonds is 2. The molecule has 0 aromatic heterocycles. The summed E-state index contributed by atoms with van der Waals surface area (Å²) in [7, 11) is 0. The molecule has 1 aliphatic heterocycles. The van der Waals surface area contributed by atoms with Crippen molar-refractivity contribution in [2.75, 3.05) is 13.2 Å². The molecule has 2 rings (SSSR count). The summed E-state index contributed by atoms with van der Waals surface area (Å²) >= 11 is 0. The fourth-order valence-corrected chi connectivity index (χ4v) is 3.34. The lowest BCUT2D eigenvalue weighted by atomic mass is 9.71. The van der Waals surface area contributed by atoms with Crippen LogP contribution in [-0.4, -0.2) is 19.3 Å². The molecule has 0 amide bonds. The third kappa shape index (κ3) is 1.50. The van der Waals surface area contributed by atoms with Crippen molar-refractivity contribution in [1.29, 1.82) is 0 Å². The molecule has 2 nitrogen and oxygen atoms in total. The SMILES string of the molecule is CC1OCCC1C1(CN)CCCC1. The Morgan fingerprint density at radius 3 is 2.54 bits per heavy atom. The van der Waals surface area contributed by atoms with Gasteiger partial charge in [0, 0.05) is 6.61 Å². The zero-order valence-electron chi connectivity index (χ0n) is 8.59. The molecule has 2 aliphatic rings. The molecular weight excluding hydrogens is 162 g/mol. The van der Waals surface area contributed by atoms with Gasteiger partial charge in [-0.25, -0.2) is 0 Å². The first-order valence-electron chi connectivity index (χ1n) is 5.60. The minimum Gasteiger partial charge on any atom is -0.378 e. The van der Waals surface area contributed by atoms with Crippen LogP contribution >= 0.6 is 0 Å². The molecule has 1 saturated heterocycles. The summed E-state index contributed by atoms with van der Waals surface area (Å²) in [6.45, 7) is 4.03. The first-order chi connectivity index (χ1) is 6.28. The highest BCUT2D eigenvalue weighted by Gasteiger charge is 2.44. The van der Waals surface area contributed by atoms with Gasteiger partial charge in [0.05, 0.1) is 6.10 Å². The van der Waals surface area contributed by atoms with Crippen molar-refractivity contribution in [3.8, 4) is 0 Å². The highest BCUT2D eigenvalue weighted by Crippen LogP contribution is 2.48. The van der Waals surface area contributed by atoms with E-state index in [1.807, 2.05) is 0 Å². The predicted molar refractivity (Wildman–Crippen MR) is 53.5 cm³/mol. The molecule has 0 aromatic carbocycles. The predicted octanol–water partition coefficient (Wildman–Crippen LogP) is 1.93. The summed E-state index contributed by atoms with van der Waals surface area (Å²) in [5, 5.41) is 0. The van der Waals surface area contributed by atoms with Gasteiger partial charge in [0.2, 0.25) is 0 Å². The largest absolute Gasteiger partial charge is 0.378 e. The molecule has 0 radical (unpaired) electrons. The molecule has 1 heterocycles. The van der Waals surface area contributed by atoms with Crippen molar-refractivity contribution in [1.82, 2.24) is 0 Å². The van der Waals surface area contributed by atoms with E-state index in [2.05, 4.69) is 6.92 Å². The van der Waals surface area contributed by atoms with Gasteiger partial charge in [0.25, 0.3) is 0 Å². The van der Waals surface area contributed by atoms with Gasteiger partial charge in [-0.05, 0) is 44.1 Å². The highest BCUT2D eigenvalue weighted by molar-refractivity contribution is 4.95. The Balaban J connectivity index is 2.10. The van der Waals surface area contributed by atoms with E-state index in [4.69, 9.17) is 10.5 Å². The standard InChI is InChI=1S/C11H21NO/c1-9-10(4-7-13-9)11(8-12)5-2-3-6-11/h9-10H,2-8,12H2,1H3. The molecule has 0 spiro atoms. The van der Waals surface area contributed by atoms with E-state index in [1.54, 1.807) is 0 Å². The zero-order valence-corrected chi connectivity index (χ0v) is 8.59. The Bertz CT molecular complexity index is 175. The third-order valence-corrected chi connectivity index (χ3v) is 4.17. The molecule has 2 atom stereocenters. The average molecular weight is 183 g/mol. The molecule has 2 unspecified atom stereocenters. The Hall–Kier alpha value is -0.0800. The van der Waals surface area contributed by atoms with Crippen molar-refractivity contribution in [3.63, 3.8) is 0 Å². The molecule has 76 valence electrons. The maximum absolute atomic E-state index is 5.96. The Labute approximate surface area is 80.8 Å². The van der Waals surface area contributed by atoms with Crippen LogP contribution in [0.4, 0.5) is 0 Å². The second-order valence-electron chi connectivity index (χ2n) is 4.74. The molecule has 1 saturated carbocycles. The van der Waals surface area contributed by atoms with Gasteiger partial charge in [0.1, 0.15) is 0 Å². The van der Waals surface area contributed by atoms with Gasteiger partial charge in [-0.15, -0.1) is 0 Å². The van der Waals surface area contributed by atoms with Crippen LogP contribution in [0.5, 0.6) is 0 Å². The smallest absolute Gasteiger partial charge is 0.0581 e. The maximum Gasteiger partial charge on any atom is 0.0581 e. The van der Waals surface area contributed by atoms with Crippen LogP contribution in [-0.2, 0) is 4.74 Å². The Morgan fingerprint density at radius 1 is 1.38 bits per heavy atom. The summed E-state index contributed by atoms with van der Waals surface area (Å²) in [6, 6.07) is 0. The number of nitrogens with two attached hydrogens (primary N) is 1. The monoisotopic (exact) mass is 183 g/mol. The molecular formula is C11H21NO. The summed E-state index contributed by atoms with van der Waals surface area (Å²) < 4.78 is 5.65. The third-order valence-electron chi connectivity index (χ3n) is 4.17. The van der Waals surface area contributed by atoms with Crippen LogP contribution in [0.15, 0.2) is 0 Å². The van der Waals surface area contributed by atoms with Crippen molar-refractivity contribution < 1.29 is 4.74 Å². The van der Waals surface area contributed by atoms with Crippen LogP contribution in [0, 0.1) is 11.3 Å². The average Bonchev–Trinajstić information content (AvgIpc) is 2.73. The van der Waals surface area contributed by atoms with E-state index < -0.39 is 0 Å². The molecule has 2 fully saturated rings. The van der Waals surface area contributed by atoms with E-state index in [-0.39, 0.29) is 0 Å². The normalized spacial score (nSPS) is 38.3. The summed E-state index contributed by atoms with van der Waals surface area (Å²) in [6.07, 6.45) is 7.10. The van der Waals surface area contributed by atoms with Crippen molar-refractivity contribution >= 4 is 0 Å². The van der Waals surface area contributed by atoms with Crippen LogP contribution in [0.1, 0.15) is 39.0 Å². The van der Waals surface area contributed by atoms with Crippen LogP contribution in [0.25, 0.3) is 0 Å². The van der Waals surface area contributed by atoms with Crippen LogP contribution < -0.4 is 5.73 Å². The topological polar surface area (TPSA) is 35.2 Å². The second kappa shape index (κ2) is 3.58. The van der Waals surface area contributed by atoms with Crippen molar-refractivity contribution in [2.45, 2.75) is 45.1 Å². The van der Waals surface area contributed by atoms with Crippen molar-refractivity contribution in [3.05, 3.63) is 0 Å². The van der Waals surface area contributed by atoms with E-state index in [0.717, 1.165) is 19.1 Å². The van der Waals surface area contributed by atoms with Gasteiger partial charge in [-0.2, -0.15) is 0 Å². The quantitative estimate of drug-likeness (QED) is 0.710. The van der Waals surface area contributed by atoms with E-state index >= 15 is 0 Å². The zero-order chi connectivity index (χ0) is 9.31. The van der Waals surface area contributed by atoms with Crippen LogP contribution in [0.2, 0.25) is 0 Å². The first-order valence-corrected chi connectivity index (χ1v) is 5.60. The summed E-state index contributed by atoms with van der Waals surface area (Å²) in [5.41, 5.74) is 6.40. The Morgan fingerprint density at radius 2 is 2.08 bits per heavy atom. The summed E-state index contributed by atoms with van der Waals surface area (Å²) in [5.74, 6) is 0.736. The maximum atomic E-state index is 5.96. The molecule has 2 N–H and O–H groups in total. The lowest BCUT2D eigenvalue weighted by molar-refractivity contribution is 0.0572. The molecule has 0 aromatic rings. The minimum absolute atomic E-state index is 0.440. The molecule has 1 aliphatic carbocycles. The lowest BCUT2D eigenvalue weighted by Gasteiger charge is -2.35. The van der Waals surface area contributed by atoms with E-state index in [9.17, 15) is 0 Å². The van der Waals surface area contributed by atoms with Crippen molar-refractivity contribution in [2.24, 2.45) is 17.1 Å². The highest BCUT2D eigenvalue weighted by atomic mass is 16.5.